The molecule has 0 bridgehead atoms. The van der Waals surface area contributed by atoms with E-state index >= 15 is 0 Å². The van der Waals surface area contributed by atoms with Crippen LogP contribution < -0.4 is 20.5 Å². The molecule has 2 amide bonds. The van der Waals surface area contributed by atoms with Crippen LogP contribution in [-0.2, 0) is 4.79 Å². The molecule has 0 aliphatic carbocycles. The maximum Gasteiger partial charge on any atom is 0.264 e. The highest BCUT2D eigenvalue weighted by molar-refractivity contribution is 8.18. The topological polar surface area (TPSA) is 103 Å². The zero-order valence-electron chi connectivity index (χ0n) is 14.7. The summed E-state index contributed by atoms with van der Waals surface area (Å²) in [5.74, 6) is 0.228. The van der Waals surface area contributed by atoms with Crippen molar-refractivity contribution >= 4 is 40.5 Å². The molecule has 1 saturated heterocycles. The number of nitrogens with zero attached hydrogens (tertiary/aromatic N) is 1. The SMILES string of the molecule is COc1cccc(/C=C2\SC(=Nc3ccccc3C(N)=O)NC2=O)c1OC. The van der Waals surface area contributed by atoms with Gasteiger partial charge in [0.05, 0.1) is 30.4 Å². The van der Waals surface area contributed by atoms with Gasteiger partial charge in [-0.2, -0.15) is 0 Å². The van der Waals surface area contributed by atoms with Crippen LogP contribution in [0.5, 0.6) is 11.5 Å². The van der Waals surface area contributed by atoms with E-state index in [0.717, 1.165) is 11.8 Å². The predicted octanol–water partition coefficient (Wildman–Crippen LogP) is 2.69. The number of methoxy groups -OCH3 is 2. The third-order valence-corrected chi connectivity index (χ3v) is 4.67. The Hall–Kier alpha value is -3.26. The number of hydrogen-bond donors (Lipinski definition) is 2. The average Bonchev–Trinajstić information content (AvgIpc) is 3.00. The molecule has 0 spiro atoms. The minimum atomic E-state index is -0.582. The standard InChI is InChI=1S/C19H17N3O4S/c1-25-14-9-5-6-11(16(14)26-2)10-15-18(24)22-19(27-15)21-13-8-4-3-7-12(13)17(20)23/h3-10H,1-2H3,(H2,20,23)(H,21,22,24)/b15-10-. The molecule has 1 heterocycles. The van der Waals surface area contributed by atoms with E-state index in [2.05, 4.69) is 10.3 Å². The van der Waals surface area contributed by atoms with Crippen molar-refractivity contribution in [3.05, 3.63) is 58.5 Å². The van der Waals surface area contributed by atoms with Crippen molar-refractivity contribution in [3.63, 3.8) is 0 Å². The van der Waals surface area contributed by atoms with Crippen molar-refractivity contribution in [2.45, 2.75) is 0 Å². The second-order valence-electron chi connectivity index (χ2n) is 5.45. The summed E-state index contributed by atoms with van der Waals surface area (Å²) in [6, 6.07) is 12.1. The number of aliphatic imine (C=N–C) groups is 1. The molecule has 27 heavy (non-hydrogen) atoms. The minimum absolute atomic E-state index is 0.284. The van der Waals surface area contributed by atoms with Crippen molar-refractivity contribution in [2.75, 3.05) is 14.2 Å². The summed E-state index contributed by atoms with van der Waals surface area (Å²) in [5.41, 5.74) is 6.75. The molecule has 0 saturated carbocycles. The highest BCUT2D eigenvalue weighted by Crippen LogP contribution is 2.35. The first kappa shape index (κ1) is 18.5. The number of para-hydroxylation sites is 2. The summed E-state index contributed by atoms with van der Waals surface area (Å²) < 4.78 is 10.7. The van der Waals surface area contributed by atoms with Crippen molar-refractivity contribution < 1.29 is 19.1 Å². The third kappa shape index (κ3) is 3.95. The number of nitrogens with one attached hydrogen (secondary N) is 1. The Morgan fingerprint density at radius 1 is 1.15 bits per heavy atom. The van der Waals surface area contributed by atoms with Gasteiger partial charge in [-0.25, -0.2) is 4.99 Å². The molecule has 1 fully saturated rings. The number of thioether (sulfide) groups is 1. The molecule has 2 aromatic rings. The van der Waals surface area contributed by atoms with E-state index in [1.54, 1.807) is 43.5 Å². The van der Waals surface area contributed by atoms with E-state index in [4.69, 9.17) is 15.2 Å². The van der Waals surface area contributed by atoms with Gasteiger partial charge in [-0.1, -0.05) is 24.3 Å². The summed E-state index contributed by atoms with van der Waals surface area (Å²) in [4.78, 5) is 28.6. The Balaban J connectivity index is 1.93. The van der Waals surface area contributed by atoms with Crippen molar-refractivity contribution in [1.82, 2.24) is 5.32 Å². The Morgan fingerprint density at radius 2 is 1.93 bits per heavy atom. The minimum Gasteiger partial charge on any atom is -0.493 e. The van der Waals surface area contributed by atoms with Crippen LogP contribution in [0.3, 0.4) is 0 Å². The van der Waals surface area contributed by atoms with E-state index in [9.17, 15) is 9.59 Å². The highest BCUT2D eigenvalue weighted by Gasteiger charge is 2.25. The van der Waals surface area contributed by atoms with Gasteiger partial charge in [-0.15, -0.1) is 0 Å². The van der Waals surface area contributed by atoms with Gasteiger partial charge < -0.3 is 20.5 Å². The van der Waals surface area contributed by atoms with Crippen LogP contribution in [0.2, 0.25) is 0 Å². The fourth-order valence-electron chi connectivity index (χ4n) is 2.54. The second kappa shape index (κ2) is 7.96. The molecule has 0 unspecified atom stereocenters. The first-order valence-electron chi connectivity index (χ1n) is 7.93. The Morgan fingerprint density at radius 3 is 2.63 bits per heavy atom. The molecular formula is C19H17N3O4S. The highest BCUT2D eigenvalue weighted by atomic mass is 32.2. The molecule has 8 heteroatoms. The van der Waals surface area contributed by atoms with Crippen molar-refractivity contribution in [3.8, 4) is 11.5 Å². The smallest absolute Gasteiger partial charge is 0.264 e. The predicted molar refractivity (Wildman–Crippen MR) is 105 cm³/mol. The molecule has 1 aliphatic heterocycles. The first-order chi connectivity index (χ1) is 13.0. The lowest BCUT2D eigenvalue weighted by Crippen LogP contribution is -2.19. The Labute approximate surface area is 160 Å². The normalized spacial score (nSPS) is 16.4. The lowest BCUT2D eigenvalue weighted by Gasteiger charge is -2.10. The number of carbonyl (C=O) groups is 2. The van der Waals surface area contributed by atoms with Gasteiger partial charge in [-0.3, -0.25) is 9.59 Å². The largest absolute Gasteiger partial charge is 0.493 e. The van der Waals surface area contributed by atoms with E-state index in [1.165, 1.54) is 7.11 Å². The average molecular weight is 383 g/mol. The van der Waals surface area contributed by atoms with Gasteiger partial charge in [0.2, 0.25) is 0 Å². The summed E-state index contributed by atoms with van der Waals surface area (Å²) in [5, 5.41) is 3.05. The number of rotatable bonds is 5. The van der Waals surface area contributed by atoms with Crippen molar-refractivity contribution in [2.24, 2.45) is 10.7 Å². The summed E-state index contributed by atoms with van der Waals surface area (Å²) in [6.07, 6.45) is 1.70. The maximum atomic E-state index is 12.3. The van der Waals surface area contributed by atoms with Crippen LogP contribution in [-0.4, -0.2) is 31.2 Å². The van der Waals surface area contributed by atoms with Crippen molar-refractivity contribution in [1.29, 1.82) is 0 Å². The third-order valence-electron chi connectivity index (χ3n) is 3.76. The number of amidine groups is 1. The van der Waals surface area contributed by atoms with Crippen LogP contribution in [0.25, 0.3) is 6.08 Å². The molecule has 7 nitrogen and oxygen atoms in total. The summed E-state index contributed by atoms with van der Waals surface area (Å²) >= 11 is 1.16. The van der Waals surface area contributed by atoms with Gasteiger partial charge in [0.15, 0.2) is 16.7 Å². The molecule has 1 aliphatic rings. The van der Waals surface area contributed by atoms with E-state index < -0.39 is 5.91 Å². The second-order valence-corrected chi connectivity index (χ2v) is 6.48. The molecule has 138 valence electrons. The molecular weight excluding hydrogens is 366 g/mol. The number of hydrogen-bond acceptors (Lipinski definition) is 6. The quantitative estimate of drug-likeness (QED) is 0.773. The van der Waals surface area contributed by atoms with Crippen LogP contribution in [0.4, 0.5) is 5.69 Å². The fraction of sp³-hybridized carbons (Fsp3) is 0.105. The van der Waals surface area contributed by atoms with Gasteiger partial charge >= 0.3 is 0 Å². The van der Waals surface area contributed by atoms with Gasteiger partial charge in [0.25, 0.3) is 11.8 Å². The van der Waals surface area contributed by atoms with Gasteiger partial charge in [0.1, 0.15) is 0 Å². The molecule has 3 rings (SSSR count). The Kier molecular flexibility index (Phi) is 5.46. The fourth-order valence-corrected chi connectivity index (χ4v) is 3.36. The van der Waals surface area contributed by atoms with Gasteiger partial charge in [-0.05, 0) is 36.0 Å². The molecule has 0 aromatic heterocycles. The Bertz CT molecular complexity index is 969. The molecule has 0 radical (unpaired) electrons. The summed E-state index contributed by atoms with van der Waals surface area (Å²) in [7, 11) is 3.09. The number of primary amides is 1. The number of amides is 2. The maximum absolute atomic E-state index is 12.3. The number of carbonyl (C=O) groups excluding carboxylic acids is 2. The summed E-state index contributed by atoms with van der Waals surface area (Å²) in [6.45, 7) is 0. The van der Waals surface area contributed by atoms with Crippen LogP contribution in [0.1, 0.15) is 15.9 Å². The zero-order chi connectivity index (χ0) is 19.4. The lowest BCUT2D eigenvalue weighted by atomic mass is 10.1. The first-order valence-corrected chi connectivity index (χ1v) is 8.74. The van der Waals surface area contributed by atoms with E-state index in [1.807, 2.05) is 12.1 Å². The van der Waals surface area contributed by atoms with Crippen LogP contribution in [0.15, 0.2) is 52.4 Å². The van der Waals surface area contributed by atoms with E-state index in [0.29, 0.717) is 32.8 Å². The monoisotopic (exact) mass is 383 g/mol. The molecule has 3 N–H and O–H groups in total. The number of ether oxygens (including phenoxy) is 2. The van der Waals surface area contributed by atoms with Gasteiger partial charge in [0, 0.05) is 5.56 Å². The van der Waals surface area contributed by atoms with Crippen LogP contribution >= 0.6 is 11.8 Å². The van der Waals surface area contributed by atoms with E-state index in [-0.39, 0.29) is 11.5 Å². The zero-order valence-corrected chi connectivity index (χ0v) is 15.5. The molecule has 2 aromatic carbocycles. The number of nitrogens with two attached hydrogens (primary N) is 1. The lowest BCUT2D eigenvalue weighted by molar-refractivity contribution is -0.115. The molecule has 0 atom stereocenters. The number of benzene rings is 2. The van der Waals surface area contributed by atoms with Crippen LogP contribution in [0, 0.1) is 0 Å².